The van der Waals surface area contributed by atoms with Gasteiger partial charge in [-0.2, -0.15) is 0 Å². The largest absolute Gasteiger partial charge is 0.465 e. The van der Waals surface area contributed by atoms with Crippen LogP contribution in [0.25, 0.3) is 0 Å². The third-order valence-corrected chi connectivity index (χ3v) is 2.69. The average Bonchev–Trinajstić information content (AvgIpc) is 2.30. The van der Waals surface area contributed by atoms with E-state index >= 15 is 0 Å². The lowest BCUT2D eigenvalue weighted by Crippen LogP contribution is -2.24. The van der Waals surface area contributed by atoms with Crippen molar-refractivity contribution in [1.82, 2.24) is 0 Å². The number of esters is 1. The highest BCUT2D eigenvalue weighted by Gasteiger charge is 2.24. The third kappa shape index (κ3) is 3.16. The Morgan fingerprint density at radius 2 is 1.94 bits per heavy atom. The number of ether oxygens (including phenoxy) is 1. The molecule has 0 aliphatic rings. The number of carbonyl (C=O) groups excluding carboxylic acids is 2. The number of ketones is 1. The summed E-state index contributed by atoms with van der Waals surface area (Å²) < 4.78 is 4.86. The smallest absolute Gasteiger partial charge is 0.316 e. The molecule has 1 aromatic rings. The van der Waals surface area contributed by atoms with E-state index in [0.717, 1.165) is 11.1 Å². The van der Waals surface area contributed by atoms with E-state index in [1.165, 1.54) is 0 Å². The molecule has 0 unspecified atom stereocenters. The summed E-state index contributed by atoms with van der Waals surface area (Å²) in [5.74, 6) is -1.38. The van der Waals surface area contributed by atoms with Crippen LogP contribution in [0.5, 0.6) is 0 Å². The molecule has 0 bridgehead atoms. The number of benzene rings is 1. The van der Waals surface area contributed by atoms with E-state index in [-0.39, 0.29) is 5.78 Å². The molecule has 0 spiro atoms. The van der Waals surface area contributed by atoms with Crippen molar-refractivity contribution in [1.29, 1.82) is 0 Å². The molecule has 0 radical (unpaired) electrons. The summed E-state index contributed by atoms with van der Waals surface area (Å²) in [7, 11) is 0. The standard InChI is InChI=1S/C14H18O3/c1-5-17-14(16)11(4)13(15)12-8-9(2)6-7-10(12)3/h6-8,11H,5H2,1-4H3/t11-/m0/s1. The highest BCUT2D eigenvalue weighted by molar-refractivity contribution is 6.09. The summed E-state index contributed by atoms with van der Waals surface area (Å²) in [6, 6.07) is 5.65. The number of aryl methyl sites for hydroxylation is 2. The number of hydrogen-bond donors (Lipinski definition) is 0. The van der Waals surface area contributed by atoms with Crippen LogP contribution >= 0.6 is 0 Å². The first-order valence-electron chi connectivity index (χ1n) is 5.75. The van der Waals surface area contributed by atoms with Crippen LogP contribution in [-0.4, -0.2) is 18.4 Å². The fourth-order valence-corrected chi connectivity index (χ4v) is 1.61. The molecule has 0 fully saturated rings. The van der Waals surface area contributed by atoms with Gasteiger partial charge in [-0.15, -0.1) is 0 Å². The van der Waals surface area contributed by atoms with Crippen molar-refractivity contribution in [3.63, 3.8) is 0 Å². The van der Waals surface area contributed by atoms with Crippen LogP contribution in [0.2, 0.25) is 0 Å². The van der Waals surface area contributed by atoms with Gasteiger partial charge in [0.2, 0.25) is 0 Å². The van der Waals surface area contributed by atoms with E-state index in [0.29, 0.717) is 12.2 Å². The van der Waals surface area contributed by atoms with Gasteiger partial charge in [0.25, 0.3) is 0 Å². The zero-order valence-electron chi connectivity index (χ0n) is 10.7. The van der Waals surface area contributed by atoms with Gasteiger partial charge in [0, 0.05) is 5.56 Å². The van der Waals surface area contributed by atoms with Crippen LogP contribution in [0.1, 0.15) is 35.3 Å². The maximum absolute atomic E-state index is 12.1. The van der Waals surface area contributed by atoms with E-state index in [4.69, 9.17) is 4.74 Å². The molecule has 0 aliphatic heterocycles. The molecule has 3 heteroatoms. The fraction of sp³-hybridized carbons (Fsp3) is 0.429. The summed E-state index contributed by atoms with van der Waals surface area (Å²) in [6.45, 7) is 7.40. The Morgan fingerprint density at radius 1 is 1.29 bits per heavy atom. The average molecular weight is 234 g/mol. The van der Waals surface area contributed by atoms with Gasteiger partial charge >= 0.3 is 5.97 Å². The van der Waals surface area contributed by atoms with Crippen molar-refractivity contribution >= 4 is 11.8 Å². The van der Waals surface area contributed by atoms with E-state index in [9.17, 15) is 9.59 Å². The van der Waals surface area contributed by atoms with Crippen molar-refractivity contribution < 1.29 is 14.3 Å². The molecule has 0 saturated carbocycles. The van der Waals surface area contributed by atoms with Crippen LogP contribution in [0.3, 0.4) is 0 Å². The Hall–Kier alpha value is -1.64. The van der Waals surface area contributed by atoms with Crippen molar-refractivity contribution in [2.24, 2.45) is 5.92 Å². The summed E-state index contributed by atoms with van der Waals surface area (Å²) >= 11 is 0. The first kappa shape index (κ1) is 13.4. The highest BCUT2D eigenvalue weighted by Crippen LogP contribution is 2.16. The van der Waals surface area contributed by atoms with Crippen molar-refractivity contribution in [2.75, 3.05) is 6.61 Å². The second-order valence-electron chi connectivity index (χ2n) is 4.16. The number of Topliss-reactive ketones (excluding diaryl/α,β-unsaturated/α-hetero) is 1. The lowest BCUT2D eigenvalue weighted by molar-refractivity contribution is -0.145. The minimum absolute atomic E-state index is 0.176. The van der Waals surface area contributed by atoms with Gasteiger partial charge in [-0.25, -0.2) is 0 Å². The van der Waals surface area contributed by atoms with Gasteiger partial charge in [0.05, 0.1) is 6.61 Å². The summed E-state index contributed by atoms with van der Waals surface area (Å²) in [4.78, 5) is 23.6. The Balaban J connectivity index is 2.96. The van der Waals surface area contributed by atoms with E-state index < -0.39 is 11.9 Å². The molecule has 1 aromatic carbocycles. The SMILES string of the molecule is CCOC(=O)[C@@H](C)C(=O)c1cc(C)ccc1C. The molecule has 1 atom stereocenters. The molecule has 0 aromatic heterocycles. The molecule has 0 heterocycles. The van der Waals surface area contributed by atoms with Gasteiger partial charge < -0.3 is 4.74 Å². The van der Waals surface area contributed by atoms with E-state index in [2.05, 4.69) is 0 Å². The predicted octanol–water partition coefficient (Wildman–Crippen LogP) is 2.69. The first-order chi connectivity index (χ1) is 7.97. The molecule has 17 heavy (non-hydrogen) atoms. The summed E-state index contributed by atoms with van der Waals surface area (Å²) in [5, 5.41) is 0. The lowest BCUT2D eigenvalue weighted by atomic mass is 9.94. The molecule has 1 rings (SSSR count). The second-order valence-corrected chi connectivity index (χ2v) is 4.16. The topological polar surface area (TPSA) is 43.4 Å². The molecular weight excluding hydrogens is 216 g/mol. The van der Waals surface area contributed by atoms with Crippen LogP contribution < -0.4 is 0 Å². The molecule has 3 nitrogen and oxygen atoms in total. The Labute approximate surface area is 102 Å². The van der Waals surface area contributed by atoms with Gasteiger partial charge in [0.1, 0.15) is 5.92 Å². The van der Waals surface area contributed by atoms with Crippen LogP contribution in [0.15, 0.2) is 18.2 Å². The van der Waals surface area contributed by atoms with Gasteiger partial charge in [-0.1, -0.05) is 17.7 Å². The fourth-order valence-electron chi connectivity index (χ4n) is 1.61. The van der Waals surface area contributed by atoms with Crippen LogP contribution in [0.4, 0.5) is 0 Å². The molecule has 0 saturated heterocycles. The monoisotopic (exact) mass is 234 g/mol. The predicted molar refractivity (Wildman–Crippen MR) is 66.0 cm³/mol. The number of hydrogen-bond acceptors (Lipinski definition) is 3. The van der Waals surface area contributed by atoms with Crippen LogP contribution in [0, 0.1) is 19.8 Å². The summed E-state index contributed by atoms with van der Waals surface area (Å²) in [5.41, 5.74) is 2.50. The summed E-state index contributed by atoms with van der Waals surface area (Å²) in [6.07, 6.45) is 0. The Bertz CT molecular complexity index is 435. The molecule has 0 aliphatic carbocycles. The van der Waals surface area contributed by atoms with E-state index in [1.807, 2.05) is 32.0 Å². The normalized spacial score (nSPS) is 12.0. The highest BCUT2D eigenvalue weighted by atomic mass is 16.5. The minimum Gasteiger partial charge on any atom is -0.465 e. The quantitative estimate of drug-likeness (QED) is 0.457. The number of carbonyl (C=O) groups is 2. The molecule has 0 amide bonds. The van der Waals surface area contributed by atoms with Gasteiger partial charge in [0.15, 0.2) is 5.78 Å². The lowest BCUT2D eigenvalue weighted by Gasteiger charge is -2.11. The van der Waals surface area contributed by atoms with Crippen LogP contribution in [-0.2, 0) is 9.53 Å². The Kier molecular flexibility index (Phi) is 4.44. The molecular formula is C14H18O3. The Morgan fingerprint density at radius 3 is 2.53 bits per heavy atom. The third-order valence-electron chi connectivity index (χ3n) is 2.69. The number of rotatable bonds is 4. The maximum Gasteiger partial charge on any atom is 0.316 e. The van der Waals surface area contributed by atoms with E-state index in [1.54, 1.807) is 13.8 Å². The van der Waals surface area contributed by atoms with Crippen molar-refractivity contribution in [2.45, 2.75) is 27.7 Å². The first-order valence-corrected chi connectivity index (χ1v) is 5.75. The van der Waals surface area contributed by atoms with Crippen molar-refractivity contribution in [3.8, 4) is 0 Å². The van der Waals surface area contributed by atoms with Crippen molar-refractivity contribution in [3.05, 3.63) is 34.9 Å². The van der Waals surface area contributed by atoms with Gasteiger partial charge in [-0.3, -0.25) is 9.59 Å². The molecule has 0 N–H and O–H groups in total. The maximum atomic E-state index is 12.1. The van der Waals surface area contributed by atoms with Gasteiger partial charge in [-0.05, 0) is 39.3 Å². The zero-order chi connectivity index (χ0) is 13.0. The molecule has 92 valence electrons. The zero-order valence-corrected chi connectivity index (χ0v) is 10.7. The minimum atomic E-state index is -0.740. The second kappa shape index (κ2) is 5.62.